The van der Waals surface area contributed by atoms with E-state index < -0.39 is 12.2 Å². The number of carbonyl (C=O) groups is 1. The molecule has 4 N–H and O–H groups in total. The molecule has 0 bridgehead atoms. The van der Waals surface area contributed by atoms with Gasteiger partial charge >= 0.3 is 5.97 Å². The zero-order valence-electron chi connectivity index (χ0n) is 19.2. The summed E-state index contributed by atoms with van der Waals surface area (Å²) in [5, 5.41) is 28.6. The molecule has 4 aromatic rings. The van der Waals surface area contributed by atoms with Crippen LogP contribution in [0, 0.1) is 0 Å². The van der Waals surface area contributed by atoms with E-state index in [1.807, 2.05) is 41.8 Å². The molecule has 0 amide bonds. The average molecular weight is 474 g/mol. The molecule has 0 aliphatic carbocycles. The lowest BCUT2D eigenvalue weighted by atomic mass is 9.86. The Labute approximate surface area is 203 Å². The summed E-state index contributed by atoms with van der Waals surface area (Å²) < 4.78 is 0. The number of aromatic nitrogens is 1. The molecule has 0 fully saturated rings. The Morgan fingerprint density at radius 2 is 1.53 bits per heavy atom. The third-order valence-electron chi connectivity index (χ3n) is 5.46. The summed E-state index contributed by atoms with van der Waals surface area (Å²) in [5.74, 6) is -0.952. The molecule has 0 radical (unpaired) electrons. The maximum atomic E-state index is 11.0. The number of aliphatic hydroxyl groups excluding tert-OH is 1. The monoisotopic (exact) mass is 473 g/mol. The number of benzene rings is 3. The van der Waals surface area contributed by atoms with E-state index in [2.05, 4.69) is 48.5 Å². The van der Waals surface area contributed by atoms with Crippen LogP contribution in [0.25, 0.3) is 11.3 Å². The maximum absolute atomic E-state index is 11.0. The van der Waals surface area contributed by atoms with Gasteiger partial charge in [-0.15, -0.1) is 11.3 Å². The van der Waals surface area contributed by atoms with E-state index in [0.29, 0.717) is 0 Å². The van der Waals surface area contributed by atoms with E-state index in [9.17, 15) is 9.90 Å². The number of carboxylic acid groups (broad SMARTS) is 1. The fourth-order valence-electron chi connectivity index (χ4n) is 3.43. The van der Waals surface area contributed by atoms with Gasteiger partial charge < -0.3 is 20.8 Å². The van der Waals surface area contributed by atoms with Crippen molar-refractivity contribution in [3.8, 4) is 11.3 Å². The second-order valence-electron chi connectivity index (χ2n) is 9.04. The average Bonchev–Trinajstić information content (AvgIpc) is 3.28. The zero-order chi connectivity index (χ0) is 24.3. The minimum Gasteiger partial charge on any atom is -0.478 e. The molecule has 1 aromatic heterocycles. The van der Waals surface area contributed by atoms with E-state index >= 15 is 0 Å². The Morgan fingerprint density at radius 3 is 2.12 bits per heavy atom. The Kier molecular flexibility index (Phi) is 6.68. The molecule has 0 saturated heterocycles. The molecule has 174 valence electrons. The van der Waals surface area contributed by atoms with Crippen LogP contribution < -0.4 is 10.6 Å². The Balaban J connectivity index is 1.39. The van der Waals surface area contributed by atoms with Crippen LogP contribution in [-0.4, -0.2) is 21.2 Å². The third kappa shape index (κ3) is 5.62. The Bertz CT molecular complexity index is 1260. The first-order valence-corrected chi connectivity index (χ1v) is 11.8. The number of rotatable bonds is 7. The van der Waals surface area contributed by atoms with Crippen LogP contribution in [0.2, 0.25) is 0 Å². The van der Waals surface area contributed by atoms with Gasteiger partial charge in [0.2, 0.25) is 0 Å². The summed E-state index contributed by atoms with van der Waals surface area (Å²) in [6, 6.07) is 22.3. The van der Waals surface area contributed by atoms with E-state index in [4.69, 9.17) is 5.11 Å². The van der Waals surface area contributed by atoms with Crippen molar-refractivity contribution in [1.29, 1.82) is 0 Å². The summed E-state index contributed by atoms with van der Waals surface area (Å²) in [6.07, 6.45) is -0.803. The molecule has 0 aliphatic heterocycles. The molecule has 0 spiro atoms. The molecule has 1 heterocycles. The smallest absolute Gasteiger partial charge is 0.335 e. The molecule has 34 heavy (non-hydrogen) atoms. The van der Waals surface area contributed by atoms with Crippen molar-refractivity contribution in [2.45, 2.75) is 32.4 Å². The van der Waals surface area contributed by atoms with E-state index in [0.717, 1.165) is 33.3 Å². The molecule has 0 saturated carbocycles. The molecule has 4 rings (SSSR count). The number of thiazole rings is 1. The van der Waals surface area contributed by atoms with Crippen LogP contribution in [-0.2, 0) is 5.41 Å². The normalized spacial score (nSPS) is 12.2. The minimum atomic E-state index is -0.952. The number of nitrogens with zero attached hydrogens (tertiary/aromatic N) is 1. The van der Waals surface area contributed by atoms with Crippen molar-refractivity contribution >= 4 is 33.8 Å². The number of aromatic carboxylic acids is 1. The molecular formula is C27H27N3O3S. The molecule has 0 aliphatic rings. The van der Waals surface area contributed by atoms with E-state index in [-0.39, 0.29) is 11.0 Å². The number of carboxylic acids is 1. The second kappa shape index (κ2) is 9.67. The topological polar surface area (TPSA) is 94.5 Å². The highest BCUT2D eigenvalue weighted by Crippen LogP contribution is 2.29. The summed E-state index contributed by atoms with van der Waals surface area (Å²) in [7, 11) is 0. The molecule has 1 unspecified atom stereocenters. The van der Waals surface area contributed by atoms with Gasteiger partial charge in [-0.1, -0.05) is 57.2 Å². The third-order valence-corrected chi connectivity index (χ3v) is 6.22. The highest BCUT2D eigenvalue weighted by Gasteiger charge is 2.15. The first kappa shape index (κ1) is 23.5. The SMILES string of the molecule is CC(C)(C)c1ccc(C(O)Nc2ccc(-c3csc(Nc4ccc(C(=O)O)cc4)n3)cc2)cc1. The summed E-state index contributed by atoms with van der Waals surface area (Å²) in [5.41, 5.74) is 5.72. The van der Waals surface area contributed by atoms with Gasteiger partial charge in [0, 0.05) is 27.9 Å². The molecule has 7 heteroatoms. The quantitative estimate of drug-likeness (QED) is 0.224. The highest BCUT2D eigenvalue weighted by atomic mass is 32.1. The maximum Gasteiger partial charge on any atom is 0.335 e. The lowest BCUT2D eigenvalue weighted by molar-refractivity contribution is 0.0697. The predicted molar refractivity (Wildman–Crippen MR) is 138 cm³/mol. The van der Waals surface area contributed by atoms with Gasteiger partial charge in [-0.05, 0) is 47.4 Å². The van der Waals surface area contributed by atoms with Crippen LogP contribution >= 0.6 is 11.3 Å². The number of nitrogens with one attached hydrogen (secondary N) is 2. The fraction of sp³-hybridized carbons (Fsp3) is 0.185. The van der Waals surface area contributed by atoms with E-state index in [1.54, 1.807) is 24.3 Å². The van der Waals surface area contributed by atoms with Gasteiger partial charge in [0.15, 0.2) is 11.4 Å². The van der Waals surface area contributed by atoms with Gasteiger partial charge in [0.05, 0.1) is 11.3 Å². The van der Waals surface area contributed by atoms with Gasteiger partial charge in [-0.25, -0.2) is 9.78 Å². The van der Waals surface area contributed by atoms with Gasteiger partial charge in [-0.3, -0.25) is 0 Å². The van der Waals surface area contributed by atoms with Gasteiger partial charge in [-0.2, -0.15) is 0 Å². The molecule has 1 atom stereocenters. The fourth-order valence-corrected chi connectivity index (χ4v) is 4.17. The van der Waals surface area contributed by atoms with Gasteiger partial charge in [0.1, 0.15) is 0 Å². The van der Waals surface area contributed by atoms with Crippen molar-refractivity contribution in [2.24, 2.45) is 0 Å². The largest absolute Gasteiger partial charge is 0.478 e. The number of hydrogen-bond acceptors (Lipinski definition) is 6. The zero-order valence-corrected chi connectivity index (χ0v) is 20.1. The standard InChI is InChI=1S/C27H27N3O3S/c1-27(2,3)20-10-4-18(5-11-20)24(31)28-21-12-6-17(7-13-21)23-16-34-26(30-23)29-22-14-8-19(9-15-22)25(32)33/h4-16,24,28,31H,1-3H3,(H,29,30)(H,32,33). The highest BCUT2D eigenvalue weighted by molar-refractivity contribution is 7.14. The van der Waals surface area contributed by atoms with Crippen molar-refractivity contribution < 1.29 is 15.0 Å². The van der Waals surface area contributed by atoms with Crippen LogP contribution in [0.3, 0.4) is 0 Å². The van der Waals surface area contributed by atoms with Crippen molar-refractivity contribution in [3.05, 3.63) is 94.9 Å². The first-order chi connectivity index (χ1) is 16.2. The second-order valence-corrected chi connectivity index (χ2v) is 9.90. The molecule has 6 nitrogen and oxygen atoms in total. The predicted octanol–water partition coefficient (Wildman–Crippen LogP) is 6.65. The number of hydrogen-bond donors (Lipinski definition) is 4. The van der Waals surface area contributed by atoms with Crippen LogP contribution in [0.15, 0.2) is 78.2 Å². The molecular weight excluding hydrogens is 446 g/mol. The summed E-state index contributed by atoms with van der Waals surface area (Å²) in [4.78, 5) is 15.6. The molecule has 3 aromatic carbocycles. The Morgan fingerprint density at radius 1 is 0.912 bits per heavy atom. The van der Waals surface area contributed by atoms with Crippen LogP contribution in [0.5, 0.6) is 0 Å². The van der Waals surface area contributed by atoms with Crippen molar-refractivity contribution in [1.82, 2.24) is 4.98 Å². The van der Waals surface area contributed by atoms with Crippen LogP contribution in [0.1, 0.15) is 48.5 Å². The van der Waals surface area contributed by atoms with Crippen molar-refractivity contribution in [2.75, 3.05) is 10.6 Å². The minimum absolute atomic E-state index is 0.0722. The van der Waals surface area contributed by atoms with Gasteiger partial charge in [0.25, 0.3) is 0 Å². The lowest BCUT2D eigenvalue weighted by Crippen LogP contribution is -2.13. The summed E-state index contributed by atoms with van der Waals surface area (Å²) >= 11 is 1.47. The number of anilines is 3. The summed E-state index contributed by atoms with van der Waals surface area (Å²) in [6.45, 7) is 6.49. The van der Waals surface area contributed by atoms with Crippen molar-refractivity contribution in [3.63, 3.8) is 0 Å². The van der Waals surface area contributed by atoms with E-state index in [1.165, 1.54) is 16.9 Å². The Hall–Kier alpha value is -3.68. The number of aliphatic hydroxyl groups is 1. The lowest BCUT2D eigenvalue weighted by Gasteiger charge is -2.20. The first-order valence-electron chi connectivity index (χ1n) is 10.9. The van der Waals surface area contributed by atoms with Crippen LogP contribution in [0.4, 0.5) is 16.5 Å².